The fourth-order valence-electron chi connectivity index (χ4n) is 2.83. The van der Waals surface area contributed by atoms with Crippen LogP contribution in [-0.4, -0.2) is 34.1 Å². The van der Waals surface area contributed by atoms with Crippen molar-refractivity contribution in [2.45, 2.75) is 19.0 Å². The number of halogens is 3. The topological polar surface area (TPSA) is 78.4 Å². The SMILES string of the molecule is O=C(O)C1CCN(c2cc(Nc3ccc(C(F)(F)F)cc3)ncn2)CC1. The zero-order valence-electron chi connectivity index (χ0n) is 13.7. The summed E-state index contributed by atoms with van der Waals surface area (Å²) in [7, 11) is 0. The molecule has 1 aliphatic rings. The summed E-state index contributed by atoms with van der Waals surface area (Å²) in [4.78, 5) is 21.3. The second-order valence-corrected chi connectivity index (χ2v) is 6.06. The first-order valence-corrected chi connectivity index (χ1v) is 8.07. The molecule has 0 radical (unpaired) electrons. The van der Waals surface area contributed by atoms with Crippen molar-refractivity contribution in [1.29, 1.82) is 0 Å². The van der Waals surface area contributed by atoms with Gasteiger partial charge in [0, 0.05) is 24.8 Å². The van der Waals surface area contributed by atoms with E-state index in [0.717, 1.165) is 12.1 Å². The van der Waals surface area contributed by atoms with Crippen molar-refractivity contribution < 1.29 is 23.1 Å². The molecule has 9 heteroatoms. The van der Waals surface area contributed by atoms with Gasteiger partial charge in [-0.2, -0.15) is 13.2 Å². The number of carboxylic acid groups (broad SMARTS) is 1. The number of aromatic nitrogens is 2. The molecule has 0 spiro atoms. The van der Waals surface area contributed by atoms with Gasteiger partial charge in [0.05, 0.1) is 11.5 Å². The van der Waals surface area contributed by atoms with Gasteiger partial charge in [-0.1, -0.05) is 0 Å². The quantitative estimate of drug-likeness (QED) is 0.862. The number of carbonyl (C=O) groups is 1. The standard InChI is InChI=1S/C17H17F3N4O2/c18-17(19,20)12-1-3-13(4-2-12)23-14-9-15(22-10-21-14)24-7-5-11(6-8-24)16(25)26/h1-4,9-11H,5-8H2,(H,25,26)(H,21,22,23). The van der Waals surface area contributed by atoms with Gasteiger partial charge in [0.1, 0.15) is 18.0 Å². The lowest BCUT2D eigenvalue weighted by Crippen LogP contribution is -2.36. The van der Waals surface area contributed by atoms with Crippen molar-refractivity contribution in [1.82, 2.24) is 9.97 Å². The first-order chi connectivity index (χ1) is 12.3. The number of carboxylic acids is 1. The van der Waals surface area contributed by atoms with E-state index in [1.165, 1.54) is 18.5 Å². The number of aliphatic carboxylic acids is 1. The Morgan fingerprint density at radius 2 is 1.81 bits per heavy atom. The summed E-state index contributed by atoms with van der Waals surface area (Å²) in [6.07, 6.45) is -1.92. The van der Waals surface area contributed by atoms with E-state index >= 15 is 0 Å². The van der Waals surface area contributed by atoms with Crippen LogP contribution in [0.25, 0.3) is 0 Å². The predicted molar refractivity (Wildman–Crippen MR) is 89.3 cm³/mol. The van der Waals surface area contributed by atoms with Gasteiger partial charge in [-0.05, 0) is 37.1 Å². The summed E-state index contributed by atoms with van der Waals surface area (Å²) in [6, 6.07) is 6.37. The van der Waals surface area contributed by atoms with Crippen LogP contribution in [0.5, 0.6) is 0 Å². The largest absolute Gasteiger partial charge is 0.481 e. The lowest BCUT2D eigenvalue weighted by atomic mass is 9.97. The van der Waals surface area contributed by atoms with Crippen LogP contribution in [0.15, 0.2) is 36.7 Å². The molecular formula is C17H17F3N4O2. The molecule has 26 heavy (non-hydrogen) atoms. The van der Waals surface area contributed by atoms with Gasteiger partial charge >= 0.3 is 12.1 Å². The van der Waals surface area contributed by atoms with E-state index < -0.39 is 17.7 Å². The van der Waals surface area contributed by atoms with Crippen LogP contribution in [0, 0.1) is 5.92 Å². The summed E-state index contributed by atoms with van der Waals surface area (Å²) in [5.74, 6) is -0.0109. The van der Waals surface area contributed by atoms with Crippen molar-refractivity contribution in [3.05, 3.63) is 42.2 Å². The Morgan fingerprint density at radius 1 is 1.15 bits per heavy atom. The zero-order valence-corrected chi connectivity index (χ0v) is 13.7. The van der Waals surface area contributed by atoms with Crippen molar-refractivity contribution in [3.63, 3.8) is 0 Å². The molecule has 6 nitrogen and oxygen atoms in total. The number of nitrogens with one attached hydrogen (secondary N) is 1. The Hall–Kier alpha value is -2.84. The highest BCUT2D eigenvalue weighted by atomic mass is 19.4. The first-order valence-electron chi connectivity index (χ1n) is 8.07. The van der Waals surface area contributed by atoms with E-state index in [1.807, 2.05) is 4.90 Å². The van der Waals surface area contributed by atoms with E-state index in [1.54, 1.807) is 6.07 Å². The normalized spacial score (nSPS) is 15.7. The lowest BCUT2D eigenvalue weighted by Gasteiger charge is -2.31. The smallest absolute Gasteiger partial charge is 0.416 e. The summed E-state index contributed by atoms with van der Waals surface area (Å²) in [5, 5.41) is 12.0. The number of anilines is 3. The lowest BCUT2D eigenvalue weighted by molar-refractivity contribution is -0.142. The highest BCUT2D eigenvalue weighted by Crippen LogP contribution is 2.30. The molecular weight excluding hydrogens is 349 g/mol. The van der Waals surface area contributed by atoms with E-state index in [-0.39, 0.29) is 5.92 Å². The third kappa shape index (κ3) is 4.22. The minimum absolute atomic E-state index is 0.335. The Bertz CT molecular complexity index is 772. The molecule has 2 aromatic rings. The summed E-state index contributed by atoms with van der Waals surface area (Å²) < 4.78 is 37.8. The predicted octanol–water partition coefficient (Wildman–Crippen LogP) is 3.54. The van der Waals surface area contributed by atoms with Crippen LogP contribution >= 0.6 is 0 Å². The average Bonchev–Trinajstić information content (AvgIpc) is 2.62. The maximum atomic E-state index is 12.6. The van der Waals surface area contributed by atoms with Crippen LogP contribution in [0.2, 0.25) is 0 Å². The average molecular weight is 366 g/mol. The Balaban J connectivity index is 1.67. The summed E-state index contributed by atoms with van der Waals surface area (Å²) in [6.45, 7) is 1.15. The molecule has 1 saturated heterocycles. The molecule has 0 unspecified atom stereocenters. The second kappa shape index (κ2) is 7.19. The molecule has 3 rings (SSSR count). The van der Waals surface area contributed by atoms with Crippen LogP contribution < -0.4 is 10.2 Å². The monoisotopic (exact) mass is 366 g/mol. The first kappa shape index (κ1) is 18.0. The fraction of sp³-hybridized carbons (Fsp3) is 0.353. The number of rotatable bonds is 4. The molecule has 0 amide bonds. The molecule has 1 aliphatic heterocycles. The van der Waals surface area contributed by atoms with E-state index in [2.05, 4.69) is 15.3 Å². The molecule has 0 aliphatic carbocycles. The summed E-state index contributed by atoms with van der Waals surface area (Å²) in [5.41, 5.74) is -0.236. The highest BCUT2D eigenvalue weighted by molar-refractivity contribution is 5.70. The molecule has 0 bridgehead atoms. The molecule has 0 atom stereocenters. The zero-order chi connectivity index (χ0) is 18.7. The van der Waals surface area contributed by atoms with E-state index in [9.17, 15) is 18.0 Å². The number of hydrogen-bond donors (Lipinski definition) is 2. The van der Waals surface area contributed by atoms with Gasteiger partial charge in [0.2, 0.25) is 0 Å². The van der Waals surface area contributed by atoms with Gasteiger partial charge in [-0.3, -0.25) is 4.79 Å². The Morgan fingerprint density at radius 3 is 2.38 bits per heavy atom. The number of benzene rings is 1. The molecule has 1 aromatic heterocycles. The third-order valence-electron chi connectivity index (χ3n) is 4.31. The maximum Gasteiger partial charge on any atom is 0.416 e. The van der Waals surface area contributed by atoms with Crippen LogP contribution in [0.1, 0.15) is 18.4 Å². The van der Waals surface area contributed by atoms with E-state index in [0.29, 0.717) is 43.3 Å². The minimum atomic E-state index is -4.37. The van der Waals surface area contributed by atoms with E-state index in [4.69, 9.17) is 5.11 Å². The second-order valence-electron chi connectivity index (χ2n) is 6.06. The van der Waals surface area contributed by atoms with Crippen LogP contribution in [0.4, 0.5) is 30.5 Å². The maximum absolute atomic E-state index is 12.6. The minimum Gasteiger partial charge on any atom is -0.481 e. The van der Waals surface area contributed by atoms with Crippen molar-refractivity contribution in [2.75, 3.05) is 23.3 Å². The number of alkyl halides is 3. The van der Waals surface area contributed by atoms with Gasteiger partial charge in [0.15, 0.2) is 0 Å². The number of nitrogens with zero attached hydrogens (tertiary/aromatic N) is 3. The molecule has 0 saturated carbocycles. The molecule has 2 heterocycles. The Kier molecular flexibility index (Phi) is 4.97. The number of piperidine rings is 1. The van der Waals surface area contributed by atoms with Gasteiger partial charge in [0.25, 0.3) is 0 Å². The van der Waals surface area contributed by atoms with Gasteiger partial charge in [-0.25, -0.2) is 9.97 Å². The fourth-order valence-corrected chi connectivity index (χ4v) is 2.83. The van der Waals surface area contributed by atoms with Crippen LogP contribution in [-0.2, 0) is 11.0 Å². The third-order valence-corrected chi connectivity index (χ3v) is 4.31. The highest BCUT2D eigenvalue weighted by Gasteiger charge is 2.30. The van der Waals surface area contributed by atoms with Crippen molar-refractivity contribution in [2.24, 2.45) is 5.92 Å². The Labute approximate surface area is 147 Å². The molecule has 1 aromatic carbocycles. The molecule has 2 N–H and O–H groups in total. The molecule has 1 fully saturated rings. The number of hydrogen-bond acceptors (Lipinski definition) is 5. The molecule has 138 valence electrons. The van der Waals surface area contributed by atoms with Crippen molar-refractivity contribution >= 4 is 23.3 Å². The summed E-state index contributed by atoms with van der Waals surface area (Å²) >= 11 is 0. The van der Waals surface area contributed by atoms with Gasteiger partial charge < -0.3 is 15.3 Å². The van der Waals surface area contributed by atoms with Crippen LogP contribution in [0.3, 0.4) is 0 Å². The van der Waals surface area contributed by atoms with Gasteiger partial charge in [-0.15, -0.1) is 0 Å². The van der Waals surface area contributed by atoms with Crippen molar-refractivity contribution in [3.8, 4) is 0 Å².